The van der Waals surface area contributed by atoms with Crippen molar-refractivity contribution in [3.8, 4) is 0 Å². The minimum Gasteiger partial charge on any atom is -0.320 e. The monoisotopic (exact) mass is 270 g/mol. The first-order chi connectivity index (χ1) is 8.43. The van der Waals surface area contributed by atoms with Gasteiger partial charge in [0.05, 0.1) is 6.04 Å². The minimum absolute atomic E-state index is 0.160. The second-order valence-electron chi connectivity index (χ2n) is 5.00. The van der Waals surface area contributed by atoms with Crippen LogP contribution in [0.2, 0.25) is 0 Å². The first kappa shape index (κ1) is 15.0. The van der Waals surface area contributed by atoms with Crippen LogP contribution in [0, 0.1) is 11.8 Å². The number of nitrogens with zero attached hydrogens (tertiary/aromatic N) is 2. The first-order valence-electron chi connectivity index (χ1n) is 6.32. The van der Waals surface area contributed by atoms with E-state index in [4.69, 9.17) is 5.73 Å². The highest BCUT2D eigenvalue weighted by Gasteiger charge is 2.20. The molecule has 0 aliphatic rings. The summed E-state index contributed by atoms with van der Waals surface area (Å²) in [7, 11) is 0. The van der Waals surface area contributed by atoms with E-state index in [9.17, 15) is 4.79 Å². The molecule has 0 aromatic carbocycles. The smallest absolute Gasteiger partial charge is 0.243 e. The van der Waals surface area contributed by atoms with Gasteiger partial charge in [-0.3, -0.25) is 10.1 Å². The van der Waals surface area contributed by atoms with E-state index in [0.717, 1.165) is 17.8 Å². The molecule has 5 nitrogen and oxygen atoms in total. The van der Waals surface area contributed by atoms with Crippen molar-refractivity contribution >= 4 is 22.4 Å². The summed E-state index contributed by atoms with van der Waals surface area (Å²) in [4.78, 5) is 11.8. The van der Waals surface area contributed by atoms with E-state index in [0.29, 0.717) is 11.0 Å². The highest BCUT2D eigenvalue weighted by Crippen LogP contribution is 2.19. The third-order valence-corrected chi connectivity index (χ3v) is 3.70. The molecule has 1 amide bonds. The largest absolute Gasteiger partial charge is 0.320 e. The Morgan fingerprint density at radius 2 is 2.06 bits per heavy atom. The number of nitrogens with one attached hydrogen (secondary N) is 1. The van der Waals surface area contributed by atoms with E-state index >= 15 is 0 Å². The van der Waals surface area contributed by atoms with E-state index in [2.05, 4.69) is 29.4 Å². The summed E-state index contributed by atoms with van der Waals surface area (Å²) in [6.45, 7) is 8.23. The van der Waals surface area contributed by atoms with Crippen molar-refractivity contribution in [1.29, 1.82) is 0 Å². The molecular weight excluding hydrogens is 248 g/mol. The number of rotatable bonds is 6. The summed E-state index contributed by atoms with van der Waals surface area (Å²) < 4.78 is 0. The molecule has 1 aromatic rings. The maximum atomic E-state index is 11.8. The average molecular weight is 270 g/mol. The van der Waals surface area contributed by atoms with Crippen molar-refractivity contribution in [3.05, 3.63) is 5.01 Å². The standard InChI is InChI=1S/C12H22N4OS/c1-5-8(4)10(13)11(17)14-12-16-15-9(18-12)6-7(2)3/h7-8,10H,5-6,13H2,1-4H3,(H,14,16,17)/t8-,10-/m0/s1. The Kier molecular flexibility index (Phi) is 5.68. The van der Waals surface area contributed by atoms with Gasteiger partial charge in [0.2, 0.25) is 11.0 Å². The molecule has 0 aliphatic heterocycles. The molecule has 0 bridgehead atoms. The lowest BCUT2D eigenvalue weighted by atomic mass is 10.00. The minimum atomic E-state index is -0.493. The van der Waals surface area contributed by atoms with Gasteiger partial charge in [-0.2, -0.15) is 0 Å². The third kappa shape index (κ3) is 4.34. The number of nitrogens with two attached hydrogens (primary N) is 1. The zero-order chi connectivity index (χ0) is 13.7. The molecule has 0 saturated heterocycles. The fourth-order valence-corrected chi connectivity index (χ4v) is 2.39. The average Bonchev–Trinajstić information content (AvgIpc) is 2.73. The number of hydrogen-bond acceptors (Lipinski definition) is 5. The molecule has 18 heavy (non-hydrogen) atoms. The molecular formula is C12H22N4OS. The van der Waals surface area contributed by atoms with E-state index in [1.807, 2.05) is 13.8 Å². The van der Waals surface area contributed by atoms with Gasteiger partial charge in [0.25, 0.3) is 0 Å². The van der Waals surface area contributed by atoms with Gasteiger partial charge in [0, 0.05) is 6.42 Å². The van der Waals surface area contributed by atoms with Crippen LogP contribution in [-0.2, 0) is 11.2 Å². The molecule has 102 valence electrons. The van der Waals surface area contributed by atoms with Crippen LogP contribution in [0.4, 0.5) is 5.13 Å². The molecule has 0 unspecified atom stereocenters. The Morgan fingerprint density at radius 3 is 2.61 bits per heavy atom. The third-order valence-electron chi connectivity index (χ3n) is 2.84. The van der Waals surface area contributed by atoms with Crippen LogP contribution in [0.3, 0.4) is 0 Å². The lowest BCUT2D eigenvalue weighted by molar-refractivity contribution is -0.118. The Balaban J connectivity index is 2.57. The van der Waals surface area contributed by atoms with Gasteiger partial charge in [-0.1, -0.05) is 45.5 Å². The summed E-state index contributed by atoms with van der Waals surface area (Å²) >= 11 is 1.42. The number of carbonyl (C=O) groups excluding carboxylic acids is 1. The molecule has 0 aliphatic carbocycles. The molecule has 1 heterocycles. The lowest BCUT2D eigenvalue weighted by Crippen LogP contribution is -2.40. The summed E-state index contributed by atoms with van der Waals surface area (Å²) in [6, 6.07) is -0.493. The Morgan fingerprint density at radius 1 is 1.39 bits per heavy atom. The molecule has 1 rings (SSSR count). The van der Waals surface area contributed by atoms with Gasteiger partial charge in [0.1, 0.15) is 5.01 Å². The predicted octanol–water partition coefficient (Wildman–Crippen LogP) is 2.05. The lowest BCUT2D eigenvalue weighted by Gasteiger charge is -2.16. The van der Waals surface area contributed by atoms with E-state index in [-0.39, 0.29) is 11.8 Å². The highest BCUT2D eigenvalue weighted by atomic mass is 32.1. The normalized spacial score (nSPS) is 14.6. The predicted molar refractivity (Wildman–Crippen MR) is 74.5 cm³/mol. The molecule has 3 N–H and O–H groups in total. The van der Waals surface area contributed by atoms with Crippen LogP contribution in [0.25, 0.3) is 0 Å². The van der Waals surface area contributed by atoms with Crippen molar-refractivity contribution in [2.75, 3.05) is 5.32 Å². The topological polar surface area (TPSA) is 80.9 Å². The second-order valence-corrected chi connectivity index (χ2v) is 6.06. The number of carbonyl (C=O) groups is 1. The Bertz CT molecular complexity index is 391. The number of aromatic nitrogens is 2. The van der Waals surface area contributed by atoms with Crippen LogP contribution < -0.4 is 11.1 Å². The maximum Gasteiger partial charge on any atom is 0.243 e. The zero-order valence-corrected chi connectivity index (χ0v) is 12.3. The van der Waals surface area contributed by atoms with Crippen molar-refractivity contribution in [3.63, 3.8) is 0 Å². The summed E-state index contributed by atoms with van der Waals surface area (Å²) in [5.74, 6) is 0.508. The van der Waals surface area contributed by atoms with Crippen molar-refractivity contribution < 1.29 is 4.79 Å². The zero-order valence-electron chi connectivity index (χ0n) is 11.4. The SMILES string of the molecule is CC[C@H](C)[C@H](N)C(=O)Nc1nnc(CC(C)C)s1. The molecule has 0 saturated carbocycles. The number of anilines is 1. The van der Waals surface area contributed by atoms with E-state index in [1.165, 1.54) is 11.3 Å². The molecule has 6 heteroatoms. The number of hydrogen-bond donors (Lipinski definition) is 2. The van der Waals surface area contributed by atoms with Crippen molar-refractivity contribution in [2.24, 2.45) is 17.6 Å². The molecule has 0 spiro atoms. The fraction of sp³-hybridized carbons (Fsp3) is 0.750. The molecule has 1 aromatic heterocycles. The number of amides is 1. The van der Waals surface area contributed by atoms with E-state index < -0.39 is 6.04 Å². The first-order valence-corrected chi connectivity index (χ1v) is 7.14. The second kappa shape index (κ2) is 6.80. The maximum absolute atomic E-state index is 11.8. The quantitative estimate of drug-likeness (QED) is 0.829. The van der Waals surface area contributed by atoms with Gasteiger partial charge in [-0.25, -0.2) is 0 Å². The van der Waals surface area contributed by atoms with Crippen molar-refractivity contribution in [1.82, 2.24) is 10.2 Å². The van der Waals surface area contributed by atoms with E-state index in [1.54, 1.807) is 0 Å². The van der Waals surface area contributed by atoms with Crippen molar-refractivity contribution in [2.45, 2.75) is 46.6 Å². The van der Waals surface area contributed by atoms with Gasteiger partial charge in [0.15, 0.2) is 0 Å². The highest BCUT2D eigenvalue weighted by molar-refractivity contribution is 7.15. The van der Waals surface area contributed by atoms with Gasteiger partial charge in [-0.15, -0.1) is 10.2 Å². The van der Waals surface area contributed by atoms with Crippen LogP contribution >= 0.6 is 11.3 Å². The van der Waals surface area contributed by atoms with Crippen LogP contribution in [0.15, 0.2) is 0 Å². The molecule has 0 radical (unpaired) electrons. The summed E-state index contributed by atoms with van der Waals surface area (Å²) in [5.41, 5.74) is 5.85. The fourth-order valence-electron chi connectivity index (χ4n) is 1.44. The van der Waals surface area contributed by atoms with Crippen LogP contribution in [0.1, 0.15) is 39.1 Å². The van der Waals surface area contributed by atoms with Crippen LogP contribution in [-0.4, -0.2) is 22.1 Å². The molecule has 0 fully saturated rings. The van der Waals surface area contributed by atoms with Gasteiger partial charge in [-0.05, 0) is 11.8 Å². The van der Waals surface area contributed by atoms with Crippen LogP contribution in [0.5, 0.6) is 0 Å². The Hall–Kier alpha value is -1.01. The van der Waals surface area contributed by atoms with Gasteiger partial charge >= 0.3 is 0 Å². The summed E-state index contributed by atoms with van der Waals surface area (Å²) in [5, 5.41) is 12.2. The summed E-state index contributed by atoms with van der Waals surface area (Å²) in [6.07, 6.45) is 1.76. The van der Waals surface area contributed by atoms with Gasteiger partial charge < -0.3 is 5.73 Å². The molecule has 2 atom stereocenters. The Labute approximate surface area is 112 Å².